The number of hydrogen-bond donors (Lipinski definition) is 1. The summed E-state index contributed by atoms with van der Waals surface area (Å²) in [5, 5.41) is 3.97. The van der Waals surface area contributed by atoms with Gasteiger partial charge in [0, 0.05) is 0 Å². The summed E-state index contributed by atoms with van der Waals surface area (Å²) in [4.78, 5) is 12.8. The number of anilines is 1. The molecule has 9 nitrogen and oxygen atoms in total. The predicted molar refractivity (Wildman–Crippen MR) is 143 cm³/mol. The van der Waals surface area contributed by atoms with Gasteiger partial charge in [-0.2, -0.15) is 5.10 Å². The molecule has 3 rings (SSSR count). The molecular formula is C27H29N3O6S. The molecule has 0 spiro atoms. The van der Waals surface area contributed by atoms with E-state index in [0.29, 0.717) is 41.7 Å². The first-order valence-corrected chi connectivity index (χ1v) is 12.9. The van der Waals surface area contributed by atoms with Crippen LogP contribution in [0.1, 0.15) is 12.5 Å². The molecule has 0 radical (unpaired) electrons. The van der Waals surface area contributed by atoms with Gasteiger partial charge in [0.1, 0.15) is 18.9 Å². The van der Waals surface area contributed by atoms with E-state index in [2.05, 4.69) is 17.1 Å². The highest BCUT2D eigenvalue weighted by molar-refractivity contribution is 7.92. The molecule has 1 N–H and O–H groups in total. The van der Waals surface area contributed by atoms with Crippen molar-refractivity contribution in [1.29, 1.82) is 0 Å². The van der Waals surface area contributed by atoms with E-state index in [9.17, 15) is 13.2 Å². The van der Waals surface area contributed by atoms with E-state index in [1.165, 1.54) is 25.5 Å². The van der Waals surface area contributed by atoms with Gasteiger partial charge in [-0.1, -0.05) is 30.9 Å². The van der Waals surface area contributed by atoms with Crippen LogP contribution in [0.2, 0.25) is 0 Å². The Hall–Kier alpha value is -4.31. The summed E-state index contributed by atoms with van der Waals surface area (Å²) in [6.45, 7) is 5.79. The molecule has 194 valence electrons. The highest BCUT2D eigenvalue weighted by Crippen LogP contribution is 2.28. The first kappa shape index (κ1) is 27.3. The highest BCUT2D eigenvalue weighted by atomic mass is 32.2. The molecule has 0 saturated heterocycles. The normalized spacial score (nSPS) is 11.1. The van der Waals surface area contributed by atoms with Crippen molar-refractivity contribution in [2.75, 3.05) is 31.2 Å². The predicted octanol–water partition coefficient (Wildman–Crippen LogP) is 4.00. The molecule has 0 unspecified atom stereocenters. The zero-order valence-corrected chi connectivity index (χ0v) is 21.5. The molecule has 0 aliphatic heterocycles. The number of sulfonamides is 1. The van der Waals surface area contributed by atoms with Crippen molar-refractivity contribution in [3.63, 3.8) is 0 Å². The SMILES string of the molecule is C=CCOc1ccc(/C=N/NC(=O)CN(c2ccc(OCC)cc2)S(=O)(=O)c2ccccc2)cc1OC. The van der Waals surface area contributed by atoms with Gasteiger partial charge in [0.15, 0.2) is 11.5 Å². The van der Waals surface area contributed by atoms with Gasteiger partial charge >= 0.3 is 0 Å². The van der Waals surface area contributed by atoms with Crippen LogP contribution in [0.15, 0.2) is 95.4 Å². The number of carbonyl (C=O) groups is 1. The van der Waals surface area contributed by atoms with Gasteiger partial charge in [0.25, 0.3) is 15.9 Å². The minimum atomic E-state index is -4.03. The lowest BCUT2D eigenvalue weighted by Crippen LogP contribution is -2.39. The number of nitrogens with one attached hydrogen (secondary N) is 1. The molecule has 3 aromatic carbocycles. The highest BCUT2D eigenvalue weighted by Gasteiger charge is 2.27. The van der Waals surface area contributed by atoms with Crippen molar-refractivity contribution in [3.05, 3.63) is 91.0 Å². The van der Waals surface area contributed by atoms with Crippen LogP contribution in [0.4, 0.5) is 5.69 Å². The van der Waals surface area contributed by atoms with Gasteiger partial charge in [0.2, 0.25) is 0 Å². The number of ether oxygens (including phenoxy) is 3. The summed E-state index contributed by atoms with van der Waals surface area (Å²) in [5.74, 6) is 1.00. The fourth-order valence-electron chi connectivity index (χ4n) is 3.29. The Bertz CT molecular complexity index is 1330. The fourth-order valence-corrected chi connectivity index (χ4v) is 4.73. The van der Waals surface area contributed by atoms with Crippen LogP contribution in [-0.2, 0) is 14.8 Å². The largest absolute Gasteiger partial charge is 0.494 e. The van der Waals surface area contributed by atoms with Crippen LogP contribution >= 0.6 is 0 Å². The average molecular weight is 524 g/mol. The summed E-state index contributed by atoms with van der Waals surface area (Å²) in [6.07, 6.45) is 3.05. The fraction of sp³-hybridized carbons (Fsp3) is 0.185. The molecule has 0 saturated carbocycles. The summed E-state index contributed by atoms with van der Waals surface area (Å²) >= 11 is 0. The molecule has 0 atom stereocenters. The smallest absolute Gasteiger partial charge is 0.264 e. The number of methoxy groups -OCH3 is 1. The number of rotatable bonds is 13. The van der Waals surface area contributed by atoms with E-state index in [1.54, 1.807) is 66.7 Å². The Labute approximate surface area is 217 Å². The van der Waals surface area contributed by atoms with Gasteiger partial charge in [-0.15, -0.1) is 0 Å². The van der Waals surface area contributed by atoms with E-state index in [1.807, 2.05) is 6.92 Å². The molecule has 0 heterocycles. The zero-order chi connectivity index (χ0) is 26.7. The molecule has 37 heavy (non-hydrogen) atoms. The number of benzene rings is 3. The lowest BCUT2D eigenvalue weighted by Gasteiger charge is -2.24. The van der Waals surface area contributed by atoms with Crippen molar-refractivity contribution >= 4 is 27.8 Å². The maximum Gasteiger partial charge on any atom is 0.264 e. The van der Waals surface area contributed by atoms with Gasteiger partial charge in [-0.05, 0) is 67.1 Å². The lowest BCUT2D eigenvalue weighted by molar-refractivity contribution is -0.119. The Kier molecular flexibility index (Phi) is 9.68. The van der Waals surface area contributed by atoms with Crippen LogP contribution in [-0.4, -0.2) is 47.4 Å². The van der Waals surface area contributed by atoms with E-state index in [4.69, 9.17) is 14.2 Å². The van der Waals surface area contributed by atoms with E-state index < -0.39 is 22.5 Å². The molecule has 0 aliphatic carbocycles. The van der Waals surface area contributed by atoms with E-state index in [0.717, 1.165) is 4.31 Å². The van der Waals surface area contributed by atoms with Crippen LogP contribution in [0, 0.1) is 0 Å². The molecule has 1 amide bonds. The number of amides is 1. The van der Waals surface area contributed by atoms with E-state index in [-0.39, 0.29) is 4.90 Å². The third-order valence-corrected chi connectivity index (χ3v) is 6.79. The Morgan fingerprint density at radius 1 is 1.03 bits per heavy atom. The maximum atomic E-state index is 13.4. The number of nitrogens with zero attached hydrogens (tertiary/aromatic N) is 2. The summed E-state index contributed by atoms with van der Waals surface area (Å²) in [6, 6.07) is 19.5. The van der Waals surface area contributed by atoms with Crippen LogP contribution in [0.25, 0.3) is 0 Å². The monoisotopic (exact) mass is 523 g/mol. The molecule has 3 aromatic rings. The van der Waals surface area contributed by atoms with Gasteiger partial charge < -0.3 is 14.2 Å². The first-order valence-electron chi connectivity index (χ1n) is 11.4. The second kappa shape index (κ2) is 13.1. The van der Waals surface area contributed by atoms with Crippen molar-refractivity contribution in [2.24, 2.45) is 5.10 Å². The molecule has 0 fully saturated rings. The molecule has 0 aliphatic rings. The summed E-state index contributed by atoms with van der Waals surface area (Å²) < 4.78 is 44.1. The number of hydrogen-bond acceptors (Lipinski definition) is 7. The van der Waals surface area contributed by atoms with Crippen molar-refractivity contribution < 1.29 is 27.4 Å². The minimum absolute atomic E-state index is 0.0612. The average Bonchev–Trinajstić information content (AvgIpc) is 2.92. The molecule has 10 heteroatoms. The third-order valence-electron chi connectivity index (χ3n) is 5.00. The topological polar surface area (TPSA) is 107 Å². The Balaban J connectivity index is 1.78. The molecule has 0 bridgehead atoms. The van der Waals surface area contributed by atoms with Crippen LogP contribution in [0.5, 0.6) is 17.2 Å². The number of hydrazone groups is 1. The second-order valence-electron chi connectivity index (χ2n) is 7.55. The van der Waals surface area contributed by atoms with Gasteiger partial charge in [-0.25, -0.2) is 13.8 Å². The van der Waals surface area contributed by atoms with Crippen LogP contribution < -0.4 is 23.9 Å². The quantitative estimate of drug-likeness (QED) is 0.206. The van der Waals surface area contributed by atoms with Crippen molar-refractivity contribution in [3.8, 4) is 17.2 Å². The number of carbonyl (C=O) groups excluding carboxylic acids is 1. The summed E-state index contributed by atoms with van der Waals surface area (Å²) in [5.41, 5.74) is 3.34. The standard InChI is InChI=1S/C27H29N3O6S/c1-4-17-36-25-16-11-21(18-26(25)34-3)19-28-29-27(31)20-30(22-12-14-23(15-13-22)35-5-2)37(32,33)24-9-7-6-8-10-24/h4,6-16,18-19H,1,5,17,20H2,2-3H3,(H,29,31)/b28-19+. The maximum absolute atomic E-state index is 13.4. The van der Waals surface area contributed by atoms with Gasteiger partial charge in [-0.3, -0.25) is 9.10 Å². The Morgan fingerprint density at radius 3 is 2.41 bits per heavy atom. The van der Waals surface area contributed by atoms with E-state index >= 15 is 0 Å². The summed E-state index contributed by atoms with van der Waals surface area (Å²) in [7, 11) is -2.52. The molecule has 0 aromatic heterocycles. The lowest BCUT2D eigenvalue weighted by atomic mass is 10.2. The van der Waals surface area contributed by atoms with Crippen LogP contribution in [0.3, 0.4) is 0 Å². The first-order chi connectivity index (χ1) is 17.9. The van der Waals surface area contributed by atoms with Crippen molar-refractivity contribution in [2.45, 2.75) is 11.8 Å². The second-order valence-corrected chi connectivity index (χ2v) is 9.42. The van der Waals surface area contributed by atoms with Crippen molar-refractivity contribution in [1.82, 2.24) is 5.43 Å². The Morgan fingerprint density at radius 2 is 1.76 bits per heavy atom. The minimum Gasteiger partial charge on any atom is -0.494 e. The molecular weight excluding hydrogens is 494 g/mol. The zero-order valence-electron chi connectivity index (χ0n) is 20.7. The van der Waals surface area contributed by atoms with Gasteiger partial charge in [0.05, 0.1) is 30.5 Å². The third kappa shape index (κ3) is 7.34.